The predicted octanol–water partition coefficient (Wildman–Crippen LogP) is 3.46. The molecule has 0 bridgehead atoms. The van der Waals surface area contributed by atoms with Gasteiger partial charge in [-0.2, -0.15) is 0 Å². The average molecular weight is 527 g/mol. The standard InChI is InChI=1S/C28H38N4O6/c1-28(2,3)38-27(34)31-15-20(33)18-36-22(14-29)16-30-26-13-25(23-7-5-6-8-24(23)32-26)37-17-19-9-11-21(35-4)12-10-19/h5-13,20,22,33H,14-18,29H2,1-4H3,(H,30,32)(H,31,34). The van der Waals surface area contributed by atoms with E-state index in [-0.39, 0.29) is 25.8 Å². The molecule has 1 aromatic heterocycles. The molecule has 0 spiro atoms. The number of aromatic nitrogens is 1. The molecule has 0 aliphatic carbocycles. The number of benzene rings is 2. The zero-order chi connectivity index (χ0) is 27.5. The first-order valence-electron chi connectivity index (χ1n) is 12.5. The Bertz CT molecular complexity index is 1170. The number of rotatable bonds is 13. The highest BCUT2D eigenvalue weighted by Gasteiger charge is 2.18. The molecule has 10 heteroatoms. The van der Waals surface area contributed by atoms with Crippen LogP contribution in [0.15, 0.2) is 54.6 Å². The fraction of sp³-hybridized carbons (Fsp3) is 0.429. The first-order chi connectivity index (χ1) is 18.2. The van der Waals surface area contributed by atoms with Crippen molar-refractivity contribution in [3.63, 3.8) is 0 Å². The zero-order valence-corrected chi connectivity index (χ0v) is 22.4. The lowest BCUT2D eigenvalue weighted by molar-refractivity contribution is -0.00183. The van der Waals surface area contributed by atoms with Crippen molar-refractivity contribution in [3.05, 3.63) is 60.2 Å². The van der Waals surface area contributed by atoms with Crippen LogP contribution in [0.5, 0.6) is 11.5 Å². The fourth-order valence-corrected chi connectivity index (χ4v) is 3.49. The number of aliphatic hydroxyl groups excluding tert-OH is 1. The lowest BCUT2D eigenvalue weighted by atomic mass is 10.2. The number of aliphatic hydroxyl groups is 1. The Kier molecular flexibility index (Phi) is 10.5. The lowest BCUT2D eigenvalue weighted by Gasteiger charge is -2.22. The van der Waals surface area contributed by atoms with E-state index in [9.17, 15) is 9.90 Å². The van der Waals surface area contributed by atoms with Gasteiger partial charge in [0.25, 0.3) is 0 Å². The minimum absolute atomic E-state index is 0.000710. The van der Waals surface area contributed by atoms with Gasteiger partial charge in [0.1, 0.15) is 29.5 Å². The monoisotopic (exact) mass is 526 g/mol. The van der Waals surface area contributed by atoms with Gasteiger partial charge in [-0.1, -0.05) is 24.3 Å². The second-order valence-electron chi connectivity index (χ2n) is 9.77. The van der Waals surface area contributed by atoms with Crippen LogP contribution in [0.3, 0.4) is 0 Å². The molecule has 3 rings (SSSR count). The van der Waals surface area contributed by atoms with E-state index in [1.807, 2.05) is 54.6 Å². The third-order valence-corrected chi connectivity index (χ3v) is 5.41. The topological polar surface area (TPSA) is 137 Å². The SMILES string of the molecule is COc1ccc(COc2cc(NCC(CN)OCC(O)CNC(=O)OC(C)(C)C)nc3ccccc23)cc1. The molecule has 206 valence electrons. The Labute approximate surface area is 223 Å². The Morgan fingerprint density at radius 1 is 1.11 bits per heavy atom. The number of pyridine rings is 1. The van der Waals surface area contributed by atoms with Crippen molar-refractivity contribution in [2.75, 3.05) is 38.7 Å². The molecule has 0 aliphatic rings. The van der Waals surface area contributed by atoms with Gasteiger partial charge >= 0.3 is 6.09 Å². The van der Waals surface area contributed by atoms with Gasteiger partial charge < -0.3 is 40.4 Å². The number of methoxy groups -OCH3 is 1. The maximum atomic E-state index is 11.8. The number of ether oxygens (including phenoxy) is 4. The van der Waals surface area contributed by atoms with Crippen molar-refractivity contribution >= 4 is 22.8 Å². The minimum Gasteiger partial charge on any atom is -0.497 e. The largest absolute Gasteiger partial charge is 0.497 e. The van der Waals surface area contributed by atoms with E-state index in [2.05, 4.69) is 15.6 Å². The Balaban J connectivity index is 1.55. The van der Waals surface area contributed by atoms with Crippen LogP contribution >= 0.6 is 0 Å². The van der Waals surface area contributed by atoms with Gasteiger partial charge in [-0.25, -0.2) is 9.78 Å². The van der Waals surface area contributed by atoms with E-state index in [1.54, 1.807) is 27.9 Å². The summed E-state index contributed by atoms with van der Waals surface area (Å²) in [5.41, 5.74) is 7.07. The summed E-state index contributed by atoms with van der Waals surface area (Å²) in [6, 6.07) is 17.3. The van der Waals surface area contributed by atoms with Crippen LogP contribution in [0, 0.1) is 0 Å². The zero-order valence-electron chi connectivity index (χ0n) is 22.4. The summed E-state index contributed by atoms with van der Waals surface area (Å²) in [4.78, 5) is 16.4. The van der Waals surface area contributed by atoms with Crippen molar-refractivity contribution < 1.29 is 28.8 Å². The summed E-state index contributed by atoms with van der Waals surface area (Å²) in [6.07, 6.45) is -1.89. The number of anilines is 1. The number of hydrogen-bond donors (Lipinski definition) is 4. The van der Waals surface area contributed by atoms with Crippen molar-refractivity contribution in [1.82, 2.24) is 10.3 Å². The molecule has 2 atom stereocenters. The maximum absolute atomic E-state index is 11.8. The lowest BCUT2D eigenvalue weighted by Crippen LogP contribution is -2.40. The average Bonchev–Trinajstić information content (AvgIpc) is 2.90. The number of carbonyl (C=O) groups excluding carboxylic acids is 1. The summed E-state index contributed by atoms with van der Waals surface area (Å²) >= 11 is 0. The molecule has 0 saturated heterocycles. The summed E-state index contributed by atoms with van der Waals surface area (Å²) < 4.78 is 22.3. The van der Waals surface area contributed by atoms with Crippen LogP contribution in [-0.2, 0) is 16.1 Å². The summed E-state index contributed by atoms with van der Waals surface area (Å²) in [5.74, 6) is 2.10. The quantitative estimate of drug-likeness (QED) is 0.264. The number of para-hydroxylation sites is 1. The summed E-state index contributed by atoms with van der Waals surface area (Å²) in [6.45, 7) is 6.30. The molecule has 2 aromatic carbocycles. The van der Waals surface area contributed by atoms with Crippen LogP contribution in [-0.4, -0.2) is 67.3 Å². The van der Waals surface area contributed by atoms with E-state index in [0.29, 0.717) is 24.7 Å². The number of nitrogens with zero attached hydrogens (tertiary/aromatic N) is 1. The molecule has 1 heterocycles. The molecule has 1 amide bonds. The highest BCUT2D eigenvalue weighted by atomic mass is 16.6. The second kappa shape index (κ2) is 13.8. The third kappa shape index (κ3) is 9.37. The van der Waals surface area contributed by atoms with Crippen LogP contribution in [0.2, 0.25) is 0 Å². The molecule has 0 aliphatic heterocycles. The van der Waals surface area contributed by atoms with Crippen molar-refractivity contribution in [2.24, 2.45) is 5.73 Å². The molecule has 0 saturated carbocycles. The minimum atomic E-state index is -0.909. The highest BCUT2D eigenvalue weighted by Crippen LogP contribution is 2.28. The Morgan fingerprint density at radius 3 is 2.53 bits per heavy atom. The number of nitrogens with one attached hydrogen (secondary N) is 2. The van der Waals surface area contributed by atoms with Crippen molar-refractivity contribution in [1.29, 1.82) is 0 Å². The molecule has 2 unspecified atom stereocenters. The van der Waals surface area contributed by atoms with E-state index in [4.69, 9.17) is 24.7 Å². The first kappa shape index (κ1) is 29.0. The van der Waals surface area contributed by atoms with E-state index < -0.39 is 17.8 Å². The number of alkyl carbamates (subject to hydrolysis) is 1. The number of nitrogens with two attached hydrogens (primary N) is 1. The number of amides is 1. The molecule has 0 radical (unpaired) electrons. The van der Waals surface area contributed by atoms with Gasteiger partial charge in [0.05, 0.1) is 31.4 Å². The summed E-state index contributed by atoms with van der Waals surface area (Å²) in [5, 5.41) is 16.9. The van der Waals surface area contributed by atoms with Crippen molar-refractivity contribution in [3.8, 4) is 11.5 Å². The van der Waals surface area contributed by atoms with E-state index >= 15 is 0 Å². The predicted molar refractivity (Wildman–Crippen MR) is 147 cm³/mol. The maximum Gasteiger partial charge on any atom is 0.407 e. The molecular formula is C28H38N4O6. The van der Waals surface area contributed by atoms with Crippen LogP contribution < -0.4 is 25.8 Å². The Hall–Kier alpha value is -3.60. The molecule has 10 nitrogen and oxygen atoms in total. The summed E-state index contributed by atoms with van der Waals surface area (Å²) in [7, 11) is 1.63. The fourth-order valence-electron chi connectivity index (χ4n) is 3.49. The van der Waals surface area contributed by atoms with Gasteiger partial charge in [0.2, 0.25) is 0 Å². The second-order valence-corrected chi connectivity index (χ2v) is 9.77. The van der Waals surface area contributed by atoms with Gasteiger partial charge in [-0.05, 0) is 50.6 Å². The van der Waals surface area contributed by atoms with E-state index in [0.717, 1.165) is 22.2 Å². The van der Waals surface area contributed by atoms with Gasteiger partial charge in [0, 0.05) is 31.1 Å². The molecular weight excluding hydrogens is 488 g/mol. The van der Waals surface area contributed by atoms with Crippen LogP contribution in [0.1, 0.15) is 26.3 Å². The molecule has 38 heavy (non-hydrogen) atoms. The number of fused-ring (bicyclic) bond motifs is 1. The highest BCUT2D eigenvalue weighted by molar-refractivity contribution is 5.86. The van der Waals surface area contributed by atoms with Crippen LogP contribution in [0.4, 0.5) is 10.6 Å². The van der Waals surface area contributed by atoms with Crippen molar-refractivity contribution in [2.45, 2.75) is 45.2 Å². The molecule has 5 N–H and O–H groups in total. The van der Waals surface area contributed by atoms with Crippen LogP contribution in [0.25, 0.3) is 10.9 Å². The number of carbonyl (C=O) groups is 1. The number of hydrogen-bond acceptors (Lipinski definition) is 9. The van der Waals surface area contributed by atoms with E-state index in [1.165, 1.54) is 0 Å². The normalized spacial score (nSPS) is 13.0. The third-order valence-electron chi connectivity index (χ3n) is 5.41. The van der Waals surface area contributed by atoms with Gasteiger partial charge in [-0.3, -0.25) is 0 Å². The Morgan fingerprint density at radius 2 is 1.84 bits per heavy atom. The molecule has 0 fully saturated rings. The smallest absolute Gasteiger partial charge is 0.407 e. The van der Waals surface area contributed by atoms with Gasteiger partial charge in [0.15, 0.2) is 0 Å². The first-order valence-corrected chi connectivity index (χ1v) is 12.5. The molecule has 3 aromatic rings. The van der Waals surface area contributed by atoms with Gasteiger partial charge in [-0.15, -0.1) is 0 Å².